The summed E-state index contributed by atoms with van der Waals surface area (Å²) in [5.74, 6) is 1.17. The molecule has 0 unspecified atom stereocenters. The Morgan fingerprint density at radius 3 is 2.65 bits per heavy atom. The van der Waals surface area contributed by atoms with Crippen molar-refractivity contribution in [2.24, 2.45) is 0 Å². The summed E-state index contributed by atoms with van der Waals surface area (Å²) in [6, 6.07) is 12.8. The normalized spacial score (nSPS) is 15.7. The highest BCUT2D eigenvalue weighted by molar-refractivity contribution is 5.99. The molecule has 3 rings (SSSR count). The number of ether oxygens (including phenoxy) is 2. The summed E-state index contributed by atoms with van der Waals surface area (Å²) in [6.07, 6.45) is -0.529. The van der Waals surface area contributed by atoms with Crippen LogP contribution in [0.5, 0.6) is 11.5 Å². The predicted molar refractivity (Wildman–Crippen MR) is 99.8 cm³/mol. The molecule has 0 bridgehead atoms. The molecule has 26 heavy (non-hydrogen) atoms. The smallest absolute Gasteiger partial charge is 0.265 e. The van der Waals surface area contributed by atoms with E-state index in [0.717, 1.165) is 0 Å². The SMILES string of the molecule is CC(C)c1ccc(OCC(=O)Nc2ccc3c(c2)NC(=O)[C@@H](C)O3)cc1. The average Bonchev–Trinajstić information content (AvgIpc) is 2.61. The Kier molecular flexibility index (Phi) is 5.11. The summed E-state index contributed by atoms with van der Waals surface area (Å²) in [4.78, 5) is 23.8. The van der Waals surface area contributed by atoms with Gasteiger partial charge in [-0.2, -0.15) is 0 Å². The Labute approximate surface area is 152 Å². The first-order valence-corrected chi connectivity index (χ1v) is 8.56. The van der Waals surface area contributed by atoms with E-state index in [1.165, 1.54) is 5.56 Å². The van der Waals surface area contributed by atoms with E-state index in [0.29, 0.717) is 28.8 Å². The Hall–Kier alpha value is -3.02. The molecule has 2 aromatic carbocycles. The zero-order valence-electron chi connectivity index (χ0n) is 15.0. The van der Waals surface area contributed by atoms with E-state index in [-0.39, 0.29) is 18.4 Å². The number of rotatable bonds is 5. The van der Waals surface area contributed by atoms with Crippen molar-refractivity contribution in [2.75, 3.05) is 17.2 Å². The van der Waals surface area contributed by atoms with Crippen molar-refractivity contribution < 1.29 is 19.1 Å². The molecule has 0 saturated carbocycles. The Morgan fingerprint density at radius 1 is 1.23 bits per heavy atom. The summed E-state index contributed by atoms with van der Waals surface area (Å²) in [5.41, 5.74) is 2.32. The summed E-state index contributed by atoms with van der Waals surface area (Å²) >= 11 is 0. The van der Waals surface area contributed by atoms with Crippen LogP contribution in [0.4, 0.5) is 11.4 Å². The molecule has 1 atom stereocenters. The van der Waals surface area contributed by atoms with Crippen molar-refractivity contribution >= 4 is 23.2 Å². The quantitative estimate of drug-likeness (QED) is 0.861. The second kappa shape index (κ2) is 7.47. The molecule has 0 aliphatic carbocycles. The van der Waals surface area contributed by atoms with Crippen LogP contribution in [0.15, 0.2) is 42.5 Å². The molecular formula is C20H22N2O4. The van der Waals surface area contributed by atoms with Crippen LogP contribution in [0.3, 0.4) is 0 Å². The number of hydrogen-bond donors (Lipinski definition) is 2. The lowest BCUT2D eigenvalue weighted by Gasteiger charge is -2.23. The van der Waals surface area contributed by atoms with Crippen molar-refractivity contribution in [1.82, 2.24) is 0 Å². The Morgan fingerprint density at radius 2 is 1.96 bits per heavy atom. The highest BCUT2D eigenvalue weighted by Gasteiger charge is 2.23. The second-order valence-electron chi connectivity index (χ2n) is 6.52. The highest BCUT2D eigenvalue weighted by Crippen LogP contribution is 2.32. The maximum Gasteiger partial charge on any atom is 0.265 e. The van der Waals surface area contributed by atoms with Crippen molar-refractivity contribution in [3.05, 3.63) is 48.0 Å². The minimum Gasteiger partial charge on any atom is -0.484 e. The van der Waals surface area contributed by atoms with E-state index in [9.17, 15) is 9.59 Å². The Balaban J connectivity index is 1.57. The summed E-state index contributed by atoms with van der Waals surface area (Å²) in [6.45, 7) is 5.82. The van der Waals surface area contributed by atoms with Crippen LogP contribution in [-0.4, -0.2) is 24.5 Å². The molecule has 6 nitrogen and oxygen atoms in total. The molecule has 0 aromatic heterocycles. The predicted octanol–water partition coefficient (Wildman–Crippen LogP) is 3.55. The molecule has 0 saturated heterocycles. The van der Waals surface area contributed by atoms with Crippen LogP contribution >= 0.6 is 0 Å². The molecule has 136 valence electrons. The molecular weight excluding hydrogens is 332 g/mol. The van der Waals surface area contributed by atoms with Gasteiger partial charge in [0.1, 0.15) is 11.5 Å². The summed E-state index contributed by atoms with van der Waals surface area (Å²) < 4.78 is 11.0. The molecule has 1 heterocycles. The van der Waals surface area contributed by atoms with Crippen molar-refractivity contribution in [3.8, 4) is 11.5 Å². The van der Waals surface area contributed by atoms with Gasteiger partial charge in [0, 0.05) is 5.69 Å². The zero-order valence-corrected chi connectivity index (χ0v) is 15.0. The average molecular weight is 354 g/mol. The van der Waals surface area contributed by atoms with Crippen LogP contribution < -0.4 is 20.1 Å². The van der Waals surface area contributed by atoms with Gasteiger partial charge in [-0.05, 0) is 48.7 Å². The van der Waals surface area contributed by atoms with Gasteiger partial charge in [0.05, 0.1) is 5.69 Å². The molecule has 1 aliphatic rings. The summed E-state index contributed by atoms with van der Waals surface area (Å²) in [7, 11) is 0. The van der Waals surface area contributed by atoms with Gasteiger partial charge < -0.3 is 20.1 Å². The van der Waals surface area contributed by atoms with E-state index < -0.39 is 6.10 Å². The molecule has 6 heteroatoms. The Bertz CT molecular complexity index is 815. The number of fused-ring (bicyclic) bond motifs is 1. The third-order valence-electron chi connectivity index (χ3n) is 4.11. The standard InChI is InChI=1S/C20H22N2O4/c1-12(2)14-4-7-16(8-5-14)25-11-19(23)21-15-6-9-18-17(10-15)22-20(24)13(3)26-18/h4-10,12-13H,11H2,1-3H3,(H,21,23)(H,22,24)/t13-/m1/s1. The number of carbonyl (C=O) groups is 2. The lowest BCUT2D eigenvalue weighted by atomic mass is 10.0. The minimum atomic E-state index is -0.529. The first kappa shape index (κ1) is 17.8. The van der Waals surface area contributed by atoms with Crippen LogP contribution in [0.2, 0.25) is 0 Å². The third kappa shape index (κ3) is 4.14. The number of anilines is 2. The number of nitrogens with one attached hydrogen (secondary N) is 2. The zero-order chi connectivity index (χ0) is 18.7. The first-order chi connectivity index (χ1) is 12.4. The fourth-order valence-electron chi connectivity index (χ4n) is 2.58. The third-order valence-corrected chi connectivity index (χ3v) is 4.11. The largest absolute Gasteiger partial charge is 0.484 e. The lowest BCUT2D eigenvalue weighted by molar-refractivity contribution is -0.122. The number of amides is 2. The maximum atomic E-state index is 12.1. The maximum absolute atomic E-state index is 12.1. The van der Waals surface area contributed by atoms with E-state index in [1.54, 1.807) is 25.1 Å². The number of hydrogen-bond acceptors (Lipinski definition) is 4. The fraction of sp³-hybridized carbons (Fsp3) is 0.300. The van der Waals surface area contributed by atoms with Crippen LogP contribution in [-0.2, 0) is 9.59 Å². The van der Waals surface area contributed by atoms with Gasteiger partial charge in [0.25, 0.3) is 11.8 Å². The van der Waals surface area contributed by atoms with Crippen LogP contribution in [0.1, 0.15) is 32.3 Å². The molecule has 2 aromatic rings. The summed E-state index contributed by atoms with van der Waals surface area (Å²) in [5, 5.41) is 5.50. The fourth-order valence-corrected chi connectivity index (χ4v) is 2.58. The van der Waals surface area contributed by atoms with Gasteiger partial charge in [0.2, 0.25) is 0 Å². The molecule has 0 radical (unpaired) electrons. The first-order valence-electron chi connectivity index (χ1n) is 8.56. The van der Waals surface area contributed by atoms with Crippen molar-refractivity contribution in [1.29, 1.82) is 0 Å². The lowest BCUT2D eigenvalue weighted by Crippen LogP contribution is -2.34. The van der Waals surface area contributed by atoms with Gasteiger partial charge in [-0.15, -0.1) is 0 Å². The molecule has 1 aliphatic heterocycles. The van der Waals surface area contributed by atoms with Gasteiger partial charge in [0.15, 0.2) is 12.7 Å². The number of carbonyl (C=O) groups excluding carboxylic acids is 2. The van der Waals surface area contributed by atoms with E-state index in [4.69, 9.17) is 9.47 Å². The van der Waals surface area contributed by atoms with Gasteiger partial charge in [-0.25, -0.2) is 0 Å². The number of benzene rings is 2. The molecule has 0 spiro atoms. The van der Waals surface area contributed by atoms with Crippen LogP contribution in [0, 0.1) is 0 Å². The van der Waals surface area contributed by atoms with Gasteiger partial charge >= 0.3 is 0 Å². The van der Waals surface area contributed by atoms with E-state index in [2.05, 4.69) is 24.5 Å². The monoisotopic (exact) mass is 354 g/mol. The van der Waals surface area contributed by atoms with E-state index in [1.807, 2.05) is 24.3 Å². The molecule has 0 fully saturated rings. The van der Waals surface area contributed by atoms with Gasteiger partial charge in [-0.3, -0.25) is 9.59 Å². The van der Waals surface area contributed by atoms with Crippen LogP contribution in [0.25, 0.3) is 0 Å². The second-order valence-corrected chi connectivity index (χ2v) is 6.52. The highest BCUT2D eigenvalue weighted by atomic mass is 16.5. The topological polar surface area (TPSA) is 76.7 Å². The van der Waals surface area contributed by atoms with E-state index >= 15 is 0 Å². The molecule has 2 amide bonds. The minimum absolute atomic E-state index is 0.0992. The molecule has 2 N–H and O–H groups in total. The van der Waals surface area contributed by atoms with Gasteiger partial charge in [-0.1, -0.05) is 26.0 Å². The van der Waals surface area contributed by atoms with Crippen molar-refractivity contribution in [3.63, 3.8) is 0 Å². The van der Waals surface area contributed by atoms with Crippen molar-refractivity contribution in [2.45, 2.75) is 32.8 Å².